The number of anilines is 1. The van der Waals surface area contributed by atoms with E-state index in [1.54, 1.807) is 14.2 Å². The number of rotatable bonds is 7. The molecule has 3 rings (SSSR count). The fraction of sp³-hybridized carbons (Fsp3) is 0.450. The number of nitrogens with two attached hydrogens (primary N) is 1. The Kier molecular flexibility index (Phi) is 9.05. The maximum atomic E-state index is 6.15. The summed E-state index contributed by atoms with van der Waals surface area (Å²) < 4.78 is 22.0. The van der Waals surface area contributed by atoms with Gasteiger partial charge in [0.05, 0.1) is 45.7 Å². The molecule has 0 radical (unpaired) electrons. The van der Waals surface area contributed by atoms with E-state index in [0.29, 0.717) is 42.9 Å². The summed E-state index contributed by atoms with van der Waals surface area (Å²) in [6, 6.07) is 9.43. The summed E-state index contributed by atoms with van der Waals surface area (Å²) in [6.45, 7) is 5.48. The summed E-state index contributed by atoms with van der Waals surface area (Å²) >= 11 is 0. The van der Waals surface area contributed by atoms with Crippen LogP contribution in [0, 0.1) is 6.92 Å². The molecule has 1 atom stereocenters. The number of hydrogen-bond acceptors (Lipinski definition) is 6. The standard InChI is InChI=1S/C20H28N4O4.HI/c1-14-4-6-19(28-14)17(24-8-10-27-11-9-24)13-22-20(21)23-16-12-15(25-2)5-7-18(16)26-3;/h4-7,12,17H,8-11,13H2,1-3H3,(H3,21,22,23);1H. The topological polar surface area (TPSA) is 94.5 Å². The van der Waals surface area contributed by atoms with Crippen LogP contribution in [-0.4, -0.2) is 57.9 Å². The molecule has 1 aliphatic rings. The van der Waals surface area contributed by atoms with Gasteiger partial charge in [-0.3, -0.25) is 9.89 Å². The van der Waals surface area contributed by atoms with Crippen LogP contribution in [0.5, 0.6) is 11.5 Å². The Morgan fingerprint density at radius 3 is 2.59 bits per heavy atom. The number of guanidine groups is 1. The van der Waals surface area contributed by atoms with E-state index in [1.165, 1.54) is 0 Å². The Labute approximate surface area is 188 Å². The highest BCUT2D eigenvalue weighted by Gasteiger charge is 2.25. The highest BCUT2D eigenvalue weighted by Crippen LogP contribution is 2.29. The molecule has 0 amide bonds. The Morgan fingerprint density at radius 1 is 1.21 bits per heavy atom. The van der Waals surface area contributed by atoms with E-state index < -0.39 is 0 Å². The third-order valence-corrected chi connectivity index (χ3v) is 4.68. The number of hydrogen-bond donors (Lipinski definition) is 2. The lowest BCUT2D eigenvalue weighted by atomic mass is 10.1. The van der Waals surface area contributed by atoms with Crippen molar-refractivity contribution < 1.29 is 18.6 Å². The maximum absolute atomic E-state index is 6.15. The van der Waals surface area contributed by atoms with Gasteiger partial charge in [-0.15, -0.1) is 24.0 Å². The fourth-order valence-electron chi connectivity index (χ4n) is 3.18. The molecule has 0 aliphatic carbocycles. The van der Waals surface area contributed by atoms with E-state index in [9.17, 15) is 0 Å². The number of aryl methyl sites for hydroxylation is 1. The molecule has 2 aromatic rings. The van der Waals surface area contributed by atoms with Crippen LogP contribution in [0.15, 0.2) is 39.7 Å². The average Bonchev–Trinajstić information content (AvgIpc) is 3.15. The minimum absolute atomic E-state index is 0. The first-order chi connectivity index (χ1) is 13.6. The Balaban J connectivity index is 0.00000300. The molecule has 1 aromatic heterocycles. The summed E-state index contributed by atoms with van der Waals surface area (Å²) in [7, 11) is 3.22. The first-order valence-electron chi connectivity index (χ1n) is 9.28. The van der Waals surface area contributed by atoms with E-state index in [-0.39, 0.29) is 30.0 Å². The number of nitrogens with zero attached hydrogens (tertiary/aromatic N) is 2. The molecule has 1 aliphatic heterocycles. The Bertz CT molecular complexity index is 806. The van der Waals surface area contributed by atoms with E-state index in [2.05, 4.69) is 15.2 Å². The van der Waals surface area contributed by atoms with Crippen molar-refractivity contribution in [3.8, 4) is 11.5 Å². The van der Waals surface area contributed by atoms with Gasteiger partial charge >= 0.3 is 0 Å². The Morgan fingerprint density at radius 2 is 1.97 bits per heavy atom. The van der Waals surface area contributed by atoms with Gasteiger partial charge in [0, 0.05) is 19.2 Å². The molecule has 0 saturated carbocycles. The Hall–Kier alpha value is -1.98. The molecule has 2 heterocycles. The second kappa shape index (κ2) is 11.3. The van der Waals surface area contributed by atoms with Crippen molar-refractivity contribution in [1.29, 1.82) is 0 Å². The zero-order chi connectivity index (χ0) is 19.9. The van der Waals surface area contributed by atoms with Gasteiger partial charge in [-0.05, 0) is 31.2 Å². The van der Waals surface area contributed by atoms with Crippen molar-refractivity contribution in [3.05, 3.63) is 41.9 Å². The number of benzene rings is 1. The van der Waals surface area contributed by atoms with Gasteiger partial charge in [0.25, 0.3) is 0 Å². The molecule has 1 fully saturated rings. The van der Waals surface area contributed by atoms with Crippen molar-refractivity contribution >= 4 is 35.6 Å². The van der Waals surface area contributed by atoms with Gasteiger partial charge in [-0.1, -0.05) is 0 Å². The van der Waals surface area contributed by atoms with Crippen LogP contribution in [0.3, 0.4) is 0 Å². The summed E-state index contributed by atoms with van der Waals surface area (Å²) in [5.41, 5.74) is 6.84. The molecule has 29 heavy (non-hydrogen) atoms. The molecule has 9 heteroatoms. The van der Waals surface area contributed by atoms with Crippen LogP contribution in [0.25, 0.3) is 0 Å². The van der Waals surface area contributed by atoms with E-state index in [1.807, 2.05) is 37.3 Å². The number of halogens is 1. The number of methoxy groups -OCH3 is 2. The molecule has 1 saturated heterocycles. The number of nitrogens with one attached hydrogen (secondary N) is 1. The van der Waals surface area contributed by atoms with Crippen LogP contribution >= 0.6 is 24.0 Å². The van der Waals surface area contributed by atoms with Gasteiger partial charge in [0.1, 0.15) is 23.0 Å². The second-order valence-electron chi connectivity index (χ2n) is 6.53. The number of ether oxygens (including phenoxy) is 3. The lowest BCUT2D eigenvalue weighted by molar-refractivity contribution is 0.0135. The molecule has 1 unspecified atom stereocenters. The van der Waals surface area contributed by atoms with Gasteiger partial charge in [-0.25, -0.2) is 0 Å². The molecule has 1 aromatic carbocycles. The first-order valence-corrected chi connectivity index (χ1v) is 9.28. The fourth-order valence-corrected chi connectivity index (χ4v) is 3.18. The zero-order valence-electron chi connectivity index (χ0n) is 17.0. The first kappa shape index (κ1) is 23.3. The maximum Gasteiger partial charge on any atom is 0.193 e. The summed E-state index contributed by atoms with van der Waals surface area (Å²) in [6.07, 6.45) is 0. The van der Waals surface area contributed by atoms with Crippen LogP contribution in [0.1, 0.15) is 17.6 Å². The lowest BCUT2D eigenvalue weighted by Crippen LogP contribution is -2.40. The summed E-state index contributed by atoms with van der Waals surface area (Å²) in [5, 5.41) is 3.10. The smallest absolute Gasteiger partial charge is 0.193 e. The van der Waals surface area contributed by atoms with Gasteiger partial charge < -0.3 is 29.7 Å². The van der Waals surface area contributed by atoms with Crippen LogP contribution in [0.2, 0.25) is 0 Å². The van der Waals surface area contributed by atoms with Crippen molar-refractivity contribution in [2.75, 3.05) is 52.4 Å². The number of morpholine rings is 1. The zero-order valence-corrected chi connectivity index (χ0v) is 19.3. The minimum atomic E-state index is 0. The molecule has 3 N–H and O–H groups in total. The summed E-state index contributed by atoms with van der Waals surface area (Å²) in [5.74, 6) is 3.42. The van der Waals surface area contributed by atoms with Crippen molar-refractivity contribution in [2.45, 2.75) is 13.0 Å². The monoisotopic (exact) mass is 516 g/mol. The van der Waals surface area contributed by atoms with Crippen LogP contribution in [0.4, 0.5) is 5.69 Å². The normalized spacial score (nSPS) is 16.0. The largest absolute Gasteiger partial charge is 0.497 e. The van der Waals surface area contributed by atoms with Crippen LogP contribution < -0.4 is 20.5 Å². The van der Waals surface area contributed by atoms with Gasteiger partial charge in [0.2, 0.25) is 0 Å². The average molecular weight is 516 g/mol. The third-order valence-electron chi connectivity index (χ3n) is 4.68. The predicted octanol–water partition coefficient (Wildman–Crippen LogP) is 3.02. The highest BCUT2D eigenvalue weighted by molar-refractivity contribution is 14.0. The van der Waals surface area contributed by atoms with Crippen molar-refractivity contribution in [2.24, 2.45) is 10.7 Å². The predicted molar refractivity (Wildman–Crippen MR) is 124 cm³/mol. The third kappa shape index (κ3) is 6.25. The molecule has 0 spiro atoms. The van der Waals surface area contributed by atoms with E-state index in [0.717, 1.165) is 24.6 Å². The van der Waals surface area contributed by atoms with Gasteiger partial charge in [-0.2, -0.15) is 0 Å². The molecular formula is C20H29IN4O4. The summed E-state index contributed by atoms with van der Waals surface area (Å²) in [4.78, 5) is 6.87. The highest BCUT2D eigenvalue weighted by atomic mass is 127. The van der Waals surface area contributed by atoms with E-state index >= 15 is 0 Å². The molecular weight excluding hydrogens is 487 g/mol. The quantitative estimate of drug-likeness (QED) is 0.332. The SMILES string of the molecule is COc1ccc(OC)c(NC(N)=NCC(c2ccc(C)o2)N2CCOCC2)c1.I. The van der Waals surface area contributed by atoms with E-state index in [4.69, 9.17) is 24.4 Å². The lowest BCUT2D eigenvalue weighted by Gasteiger charge is -2.32. The van der Waals surface area contributed by atoms with Crippen molar-refractivity contribution in [3.63, 3.8) is 0 Å². The molecule has 0 bridgehead atoms. The second-order valence-corrected chi connectivity index (χ2v) is 6.53. The molecule has 8 nitrogen and oxygen atoms in total. The minimum Gasteiger partial charge on any atom is -0.497 e. The van der Waals surface area contributed by atoms with Gasteiger partial charge in [0.15, 0.2) is 5.96 Å². The molecule has 160 valence electrons. The number of aliphatic imine (C=N–C) groups is 1. The number of furan rings is 1. The van der Waals surface area contributed by atoms with Crippen LogP contribution in [-0.2, 0) is 4.74 Å². The van der Waals surface area contributed by atoms with Crippen molar-refractivity contribution in [1.82, 2.24) is 4.90 Å².